The van der Waals surface area contributed by atoms with E-state index in [1.54, 1.807) is 0 Å². The molecule has 0 aliphatic carbocycles. The van der Waals surface area contributed by atoms with E-state index in [0.29, 0.717) is 11.9 Å². The summed E-state index contributed by atoms with van der Waals surface area (Å²) in [6.45, 7) is 6.09. The SMILES string of the molecule is Cc1cc(C)nc(Nc2ccc(C3CCCNC3)nc2)n1. The van der Waals surface area contributed by atoms with Crippen LogP contribution in [0.25, 0.3) is 0 Å². The summed E-state index contributed by atoms with van der Waals surface area (Å²) in [5.41, 5.74) is 4.01. The summed E-state index contributed by atoms with van der Waals surface area (Å²) >= 11 is 0. The van der Waals surface area contributed by atoms with E-state index in [1.165, 1.54) is 12.8 Å². The van der Waals surface area contributed by atoms with Crippen LogP contribution in [0.15, 0.2) is 24.4 Å². The average molecular weight is 283 g/mol. The monoisotopic (exact) mass is 283 g/mol. The molecule has 0 amide bonds. The Kier molecular flexibility index (Phi) is 4.10. The minimum absolute atomic E-state index is 0.533. The molecule has 1 saturated heterocycles. The van der Waals surface area contributed by atoms with E-state index in [9.17, 15) is 0 Å². The van der Waals surface area contributed by atoms with Crippen molar-refractivity contribution in [3.8, 4) is 0 Å². The van der Waals surface area contributed by atoms with Crippen molar-refractivity contribution in [1.29, 1.82) is 0 Å². The lowest BCUT2D eigenvalue weighted by Crippen LogP contribution is -2.28. The largest absolute Gasteiger partial charge is 0.323 e. The predicted molar refractivity (Wildman–Crippen MR) is 83.9 cm³/mol. The number of hydrogen-bond acceptors (Lipinski definition) is 5. The Morgan fingerprint density at radius 1 is 1.19 bits per heavy atom. The summed E-state index contributed by atoms with van der Waals surface area (Å²) in [6, 6.07) is 6.11. The van der Waals surface area contributed by atoms with Crippen molar-refractivity contribution >= 4 is 11.6 Å². The summed E-state index contributed by atoms with van der Waals surface area (Å²) in [5.74, 6) is 1.16. The van der Waals surface area contributed by atoms with Gasteiger partial charge in [0.25, 0.3) is 0 Å². The molecule has 1 aliphatic rings. The number of piperidine rings is 1. The topological polar surface area (TPSA) is 62.7 Å². The third kappa shape index (κ3) is 3.55. The smallest absolute Gasteiger partial charge is 0.227 e. The zero-order valence-electron chi connectivity index (χ0n) is 12.6. The first-order chi connectivity index (χ1) is 10.2. The van der Waals surface area contributed by atoms with Gasteiger partial charge in [0.15, 0.2) is 0 Å². The van der Waals surface area contributed by atoms with Gasteiger partial charge < -0.3 is 10.6 Å². The highest BCUT2D eigenvalue weighted by Crippen LogP contribution is 2.22. The van der Waals surface area contributed by atoms with Crippen LogP contribution in [0, 0.1) is 13.8 Å². The van der Waals surface area contributed by atoms with E-state index in [2.05, 4.69) is 37.7 Å². The molecular formula is C16H21N5. The highest BCUT2D eigenvalue weighted by molar-refractivity contribution is 5.52. The van der Waals surface area contributed by atoms with E-state index in [1.807, 2.05) is 26.1 Å². The zero-order chi connectivity index (χ0) is 14.7. The Hall–Kier alpha value is -2.01. The van der Waals surface area contributed by atoms with Crippen molar-refractivity contribution in [3.63, 3.8) is 0 Å². The quantitative estimate of drug-likeness (QED) is 0.907. The van der Waals surface area contributed by atoms with Gasteiger partial charge in [0.05, 0.1) is 11.9 Å². The summed E-state index contributed by atoms with van der Waals surface area (Å²) in [7, 11) is 0. The number of aryl methyl sites for hydroxylation is 2. The molecule has 0 saturated carbocycles. The molecule has 1 fully saturated rings. The van der Waals surface area contributed by atoms with Gasteiger partial charge in [-0.25, -0.2) is 9.97 Å². The molecule has 2 aromatic heterocycles. The highest BCUT2D eigenvalue weighted by Gasteiger charge is 2.16. The molecule has 21 heavy (non-hydrogen) atoms. The second-order valence-corrected chi connectivity index (χ2v) is 5.61. The second kappa shape index (κ2) is 6.18. The summed E-state index contributed by atoms with van der Waals surface area (Å²) in [6.07, 6.45) is 4.31. The van der Waals surface area contributed by atoms with Crippen molar-refractivity contribution in [2.24, 2.45) is 0 Å². The fourth-order valence-electron chi connectivity index (χ4n) is 2.74. The van der Waals surface area contributed by atoms with Crippen molar-refractivity contribution in [3.05, 3.63) is 41.5 Å². The lowest BCUT2D eigenvalue weighted by atomic mass is 9.96. The molecule has 1 aliphatic heterocycles. The predicted octanol–water partition coefficient (Wildman–Crippen LogP) is 2.70. The Balaban J connectivity index is 1.71. The summed E-state index contributed by atoms with van der Waals surface area (Å²) < 4.78 is 0. The van der Waals surface area contributed by atoms with Gasteiger partial charge >= 0.3 is 0 Å². The number of pyridine rings is 1. The van der Waals surface area contributed by atoms with E-state index in [0.717, 1.165) is 35.9 Å². The van der Waals surface area contributed by atoms with Gasteiger partial charge in [0, 0.05) is 29.5 Å². The first kappa shape index (κ1) is 13.9. The maximum Gasteiger partial charge on any atom is 0.227 e. The molecule has 3 heterocycles. The fraction of sp³-hybridized carbons (Fsp3) is 0.438. The molecule has 2 N–H and O–H groups in total. The van der Waals surface area contributed by atoms with Crippen molar-refractivity contribution in [2.75, 3.05) is 18.4 Å². The lowest BCUT2D eigenvalue weighted by molar-refractivity contribution is 0.455. The van der Waals surface area contributed by atoms with Crippen molar-refractivity contribution < 1.29 is 0 Å². The molecule has 3 rings (SSSR count). The van der Waals surface area contributed by atoms with Crippen molar-refractivity contribution in [1.82, 2.24) is 20.3 Å². The number of nitrogens with zero attached hydrogens (tertiary/aromatic N) is 3. The Morgan fingerprint density at radius 2 is 2.00 bits per heavy atom. The Labute approximate surface area is 125 Å². The van der Waals surface area contributed by atoms with Crippen LogP contribution in [0.4, 0.5) is 11.6 Å². The van der Waals surface area contributed by atoms with E-state index < -0.39 is 0 Å². The van der Waals surface area contributed by atoms with Crippen LogP contribution < -0.4 is 10.6 Å². The molecule has 2 aromatic rings. The molecule has 0 radical (unpaired) electrons. The van der Waals surface area contributed by atoms with Gasteiger partial charge in [-0.15, -0.1) is 0 Å². The third-order valence-electron chi connectivity index (χ3n) is 3.74. The first-order valence-corrected chi connectivity index (χ1v) is 7.47. The van der Waals surface area contributed by atoms with Crippen LogP contribution in [0.5, 0.6) is 0 Å². The molecule has 0 spiro atoms. The van der Waals surface area contributed by atoms with Gasteiger partial charge in [0.1, 0.15) is 0 Å². The minimum atomic E-state index is 0.533. The maximum absolute atomic E-state index is 4.59. The molecule has 5 heteroatoms. The van der Waals surface area contributed by atoms with Crippen LogP contribution in [0.1, 0.15) is 35.8 Å². The molecule has 1 unspecified atom stereocenters. The molecule has 0 bridgehead atoms. The first-order valence-electron chi connectivity index (χ1n) is 7.47. The fourth-order valence-corrected chi connectivity index (χ4v) is 2.74. The normalized spacial score (nSPS) is 18.5. The maximum atomic E-state index is 4.59. The second-order valence-electron chi connectivity index (χ2n) is 5.61. The Bertz CT molecular complexity index is 582. The van der Waals surface area contributed by atoms with Gasteiger partial charge in [-0.05, 0) is 51.4 Å². The average Bonchev–Trinajstić information content (AvgIpc) is 2.48. The number of hydrogen-bond donors (Lipinski definition) is 2. The van der Waals surface area contributed by atoms with Crippen molar-refractivity contribution in [2.45, 2.75) is 32.6 Å². The van der Waals surface area contributed by atoms with Crippen LogP contribution >= 0.6 is 0 Å². The van der Waals surface area contributed by atoms with Gasteiger partial charge in [-0.3, -0.25) is 4.98 Å². The highest BCUT2D eigenvalue weighted by atomic mass is 15.1. The number of rotatable bonds is 3. The molecule has 110 valence electrons. The lowest BCUT2D eigenvalue weighted by Gasteiger charge is -2.22. The van der Waals surface area contributed by atoms with Gasteiger partial charge in [-0.2, -0.15) is 0 Å². The van der Waals surface area contributed by atoms with E-state index >= 15 is 0 Å². The van der Waals surface area contributed by atoms with Gasteiger partial charge in [0.2, 0.25) is 5.95 Å². The molecule has 1 atom stereocenters. The number of nitrogens with one attached hydrogen (secondary N) is 2. The Morgan fingerprint density at radius 3 is 2.62 bits per heavy atom. The van der Waals surface area contributed by atoms with Gasteiger partial charge in [-0.1, -0.05) is 0 Å². The van der Waals surface area contributed by atoms with E-state index in [4.69, 9.17) is 0 Å². The van der Waals surface area contributed by atoms with Crippen LogP contribution in [-0.2, 0) is 0 Å². The molecule has 5 nitrogen and oxygen atoms in total. The van der Waals surface area contributed by atoms with Crippen LogP contribution in [-0.4, -0.2) is 28.0 Å². The zero-order valence-corrected chi connectivity index (χ0v) is 12.6. The summed E-state index contributed by atoms with van der Waals surface area (Å²) in [5, 5.41) is 6.64. The van der Waals surface area contributed by atoms with Crippen LogP contribution in [0.3, 0.4) is 0 Å². The molecular weight excluding hydrogens is 262 g/mol. The summed E-state index contributed by atoms with van der Waals surface area (Å²) in [4.78, 5) is 13.3. The molecule has 0 aromatic carbocycles. The van der Waals surface area contributed by atoms with E-state index in [-0.39, 0.29) is 0 Å². The minimum Gasteiger partial charge on any atom is -0.323 e. The standard InChI is InChI=1S/C16H21N5/c1-11-8-12(2)20-16(19-11)21-14-5-6-15(18-10-14)13-4-3-7-17-9-13/h5-6,8,10,13,17H,3-4,7,9H2,1-2H3,(H,19,20,21). The third-order valence-corrected chi connectivity index (χ3v) is 3.74. The number of aromatic nitrogens is 3. The van der Waals surface area contributed by atoms with Crippen LogP contribution in [0.2, 0.25) is 0 Å². The number of anilines is 2.